The van der Waals surface area contributed by atoms with Crippen LogP contribution in [0.4, 0.5) is 0 Å². The maximum absolute atomic E-state index is 13.0. The van der Waals surface area contributed by atoms with Crippen LogP contribution in [0.25, 0.3) is 0 Å². The van der Waals surface area contributed by atoms with E-state index in [0.717, 1.165) is 49.1 Å². The van der Waals surface area contributed by atoms with Crippen LogP contribution in [0.15, 0.2) is 42.5 Å². The molecule has 2 aromatic carbocycles. The summed E-state index contributed by atoms with van der Waals surface area (Å²) in [6.07, 6.45) is 4.08. The fraction of sp³-hybridized carbons (Fsp3) is 0.417. The normalized spacial score (nSPS) is 18.6. The number of aryl methyl sites for hydroxylation is 2. The minimum Gasteiger partial charge on any atom is -0.491 e. The van der Waals surface area contributed by atoms with Crippen LogP contribution in [0.2, 0.25) is 0 Å². The molecule has 4 rings (SSSR count). The van der Waals surface area contributed by atoms with Gasteiger partial charge in [0.25, 0.3) is 11.8 Å². The number of carbonyl (C=O) groups excluding carboxylic acids is 2. The second-order valence-electron chi connectivity index (χ2n) is 8.18. The van der Waals surface area contributed by atoms with Gasteiger partial charge in [0.1, 0.15) is 12.4 Å². The van der Waals surface area contributed by atoms with E-state index in [-0.39, 0.29) is 17.9 Å². The second kappa shape index (κ2) is 8.27. The molecule has 1 atom stereocenters. The van der Waals surface area contributed by atoms with Gasteiger partial charge in [0.2, 0.25) is 0 Å². The quantitative estimate of drug-likeness (QED) is 0.812. The van der Waals surface area contributed by atoms with Crippen LogP contribution in [0.5, 0.6) is 5.75 Å². The van der Waals surface area contributed by atoms with E-state index >= 15 is 0 Å². The van der Waals surface area contributed by atoms with Crippen molar-refractivity contribution in [3.05, 3.63) is 64.7 Å². The second-order valence-corrected chi connectivity index (χ2v) is 8.18. The first-order valence-corrected chi connectivity index (χ1v) is 10.4. The Balaban J connectivity index is 1.35. The molecule has 29 heavy (non-hydrogen) atoms. The number of carbonyl (C=O) groups is 2. The first kappa shape index (κ1) is 19.5. The summed E-state index contributed by atoms with van der Waals surface area (Å²) in [5.41, 5.74) is 3.72. The summed E-state index contributed by atoms with van der Waals surface area (Å²) in [7, 11) is 0. The van der Waals surface area contributed by atoms with Gasteiger partial charge in [0, 0.05) is 23.7 Å². The van der Waals surface area contributed by atoms with Crippen molar-refractivity contribution in [1.29, 1.82) is 0 Å². The van der Waals surface area contributed by atoms with Gasteiger partial charge in [-0.05, 0) is 87.1 Å². The van der Waals surface area contributed by atoms with Gasteiger partial charge in [0.15, 0.2) is 0 Å². The van der Waals surface area contributed by atoms with Crippen molar-refractivity contribution in [3.63, 3.8) is 0 Å². The molecule has 5 nitrogen and oxygen atoms in total. The van der Waals surface area contributed by atoms with E-state index in [2.05, 4.69) is 12.2 Å². The minimum atomic E-state index is -0.0278. The minimum absolute atomic E-state index is 0.0278. The Morgan fingerprint density at radius 2 is 1.72 bits per heavy atom. The van der Waals surface area contributed by atoms with Crippen LogP contribution in [-0.2, 0) is 0 Å². The zero-order valence-electron chi connectivity index (χ0n) is 17.1. The van der Waals surface area contributed by atoms with Crippen LogP contribution in [-0.4, -0.2) is 41.9 Å². The Morgan fingerprint density at radius 3 is 2.41 bits per heavy atom. The van der Waals surface area contributed by atoms with Crippen LogP contribution < -0.4 is 10.1 Å². The number of hydrogen-bond donors (Lipinski definition) is 1. The maximum Gasteiger partial charge on any atom is 0.254 e. The molecule has 0 bridgehead atoms. The van der Waals surface area contributed by atoms with Gasteiger partial charge in [-0.2, -0.15) is 0 Å². The number of benzene rings is 2. The highest BCUT2D eigenvalue weighted by Crippen LogP contribution is 2.23. The molecule has 1 saturated heterocycles. The topological polar surface area (TPSA) is 58.6 Å². The molecule has 1 aliphatic heterocycles. The average Bonchev–Trinajstić information content (AvgIpc) is 3.41. The molecule has 2 amide bonds. The summed E-state index contributed by atoms with van der Waals surface area (Å²) in [6.45, 7) is 5.31. The maximum atomic E-state index is 13.0. The lowest BCUT2D eigenvalue weighted by Crippen LogP contribution is -2.39. The first-order valence-electron chi connectivity index (χ1n) is 10.4. The number of hydrogen-bond acceptors (Lipinski definition) is 3. The van der Waals surface area contributed by atoms with Crippen molar-refractivity contribution < 1.29 is 14.3 Å². The Hall–Kier alpha value is -2.82. The van der Waals surface area contributed by atoms with Crippen molar-refractivity contribution in [3.8, 4) is 5.75 Å². The van der Waals surface area contributed by atoms with Gasteiger partial charge in [0.05, 0.1) is 6.04 Å². The number of amides is 2. The van der Waals surface area contributed by atoms with Crippen molar-refractivity contribution >= 4 is 11.8 Å². The van der Waals surface area contributed by atoms with Crippen molar-refractivity contribution in [1.82, 2.24) is 10.2 Å². The summed E-state index contributed by atoms with van der Waals surface area (Å²) in [5.74, 6) is 0.768. The largest absolute Gasteiger partial charge is 0.491 e. The predicted octanol–water partition coefficient (Wildman–Crippen LogP) is 3.88. The summed E-state index contributed by atoms with van der Waals surface area (Å²) < 4.78 is 5.95. The third-order valence-electron chi connectivity index (χ3n) is 5.86. The van der Waals surface area contributed by atoms with E-state index in [1.54, 1.807) is 12.1 Å². The Labute approximate surface area is 172 Å². The Kier molecular flexibility index (Phi) is 5.56. The molecular weight excluding hydrogens is 364 g/mol. The highest BCUT2D eigenvalue weighted by atomic mass is 16.5. The molecule has 1 aliphatic carbocycles. The Morgan fingerprint density at radius 1 is 1.00 bits per heavy atom. The lowest BCUT2D eigenvalue weighted by molar-refractivity contribution is 0.0691. The zero-order valence-corrected chi connectivity index (χ0v) is 17.1. The van der Waals surface area contributed by atoms with E-state index in [0.29, 0.717) is 18.2 Å². The summed E-state index contributed by atoms with van der Waals surface area (Å²) >= 11 is 0. The number of nitrogens with zero attached hydrogens (tertiary/aromatic N) is 1. The third-order valence-corrected chi connectivity index (χ3v) is 5.86. The van der Waals surface area contributed by atoms with Gasteiger partial charge in [-0.3, -0.25) is 9.59 Å². The third kappa shape index (κ3) is 4.61. The number of likely N-dealkylation sites (tertiary alicyclic amines) is 1. The number of rotatable bonds is 6. The van der Waals surface area contributed by atoms with Crippen LogP contribution in [0, 0.1) is 13.8 Å². The van der Waals surface area contributed by atoms with Gasteiger partial charge in [-0.15, -0.1) is 0 Å². The summed E-state index contributed by atoms with van der Waals surface area (Å²) in [6, 6.07) is 13.5. The van der Waals surface area contributed by atoms with Gasteiger partial charge in [-0.1, -0.05) is 6.07 Å². The van der Waals surface area contributed by atoms with Crippen molar-refractivity contribution in [2.24, 2.45) is 0 Å². The number of nitrogens with one attached hydrogen (secondary N) is 1. The van der Waals surface area contributed by atoms with Crippen molar-refractivity contribution in [2.75, 3.05) is 13.2 Å². The molecule has 0 unspecified atom stereocenters. The molecule has 1 heterocycles. The van der Waals surface area contributed by atoms with Crippen molar-refractivity contribution in [2.45, 2.75) is 51.6 Å². The SMILES string of the molecule is Cc1ccc(C(=O)N2CCC[C@H]2COc2ccc(C(=O)NC3CC3)cc2)cc1C. The monoisotopic (exact) mass is 392 g/mol. The lowest BCUT2D eigenvalue weighted by Gasteiger charge is -2.25. The van der Waals surface area contributed by atoms with Crippen LogP contribution >= 0.6 is 0 Å². The summed E-state index contributed by atoms with van der Waals surface area (Å²) in [4.78, 5) is 27.0. The van der Waals surface area contributed by atoms with Gasteiger partial charge < -0.3 is 15.0 Å². The molecule has 2 aromatic rings. The fourth-order valence-electron chi connectivity index (χ4n) is 3.71. The molecule has 152 valence electrons. The van der Waals surface area contributed by atoms with E-state index in [1.807, 2.05) is 42.2 Å². The highest BCUT2D eigenvalue weighted by molar-refractivity contribution is 5.95. The molecule has 0 radical (unpaired) electrons. The zero-order chi connectivity index (χ0) is 20.4. The lowest BCUT2D eigenvalue weighted by atomic mass is 10.1. The number of ether oxygens (including phenoxy) is 1. The van der Waals surface area contributed by atoms with Gasteiger partial charge in [-0.25, -0.2) is 0 Å². The average molecular weight is 392 g/mol. The van der Waals surface area contributed by atoms with E-state index in [1.165, 1.54) is 5.56 Å². The van der Waals surface area contributed by atoms with E-state index in [9.17, 15) is 9.59 Å². The fourth-order valence-corrected chi connectivity index (χ4v) is 3.71. The highest BCUT2D eigenvalue weighted by Gasteiger charge is 2.30. The standard InChI is InChI=1S/C24H28N2O3/c1-16-5-6-19(14-17(16)2)24(28)26-13-3-4-21(26)15-29-22-11-7-18(8-12-22)23(27)25-20-9-10-20/h5-8,11-12,14,20-21H,3-4,9-10,13,15H2,1-2H3,(H,25,27)/t21-/m0/s1. The predicted molar refractivity (Wildman–Crippen MR) is 112 cm³/mol. The molecule has 5 heteroatoms. The van der Waals surface area contributed by atoms with E-state index in [4.69, 9.17) is 4.74 Å². The summed E-state index contributed by atoms with van der Waals surface area (Å²) in [5, 5.41) is 2.98. The van der Waals surface area contributed by atoms with Crippen LogP contribution in [0.3, 0.4) is 0 Å². The first-order chi connectivity index (χ1) is 14.0. The molecule has 0 aromatic heterocycles. The van der Waals surface area contributed by atoms with Gasteiger partial charge >= 0.3 is 0 Å². The smallest absolute Gasteiger partial charge is 0.254 e. The van der Waals surface area contributed by atoms with Crippen LogP contribution in [0.1, 0.15) is 57.5 Å². The Bertz CT molecular complexity index is 903. The van der Waals surface area contributed by atoms with E-state index < -0.39 is 0 Å². The molecular formula is C24H28N2O3. The molecule has 0 spiro atoms. The molecule has 2 fully saturated rings. The molecule has 2 aliphatic rings. The molecule has 1 saturated carbocycles. The molecule has 1 N–H and O–H groups in total.